The van der Waals surface area contributed by atoms with Gasteiger partial charge in [-0.15, -0.1) is 0 Å². The van der Waals surface area contributed by atoms with Crippen LogP contribution in [0.2, 0.25) is 0 Å². The Balaban J connectivity index is 1.74. The maximum atomic E-state index is 12.4. The van der Waals surface area contributed by atoms with E-state index in [-0.39, 0.29) is 28.4 Å². The summed E-state index contributed by atoms with van der Waals surface area (Å²) in [6.45, 7) is 1.66. The number of nitrogens with one attached hydrogen (secondary N) is 1. The van der Waals surface area contributed by atoms with Crippen molar-refractivity contribution < 1.29 is 26.4 Å². The predicted molar refractivity (Wildman–Crippen MR) is 106 cm³/mol. The van der Waals surface area contributed by atoms with Crippen molar-refractivity contribution in [3.63, 3.8) is 0 Å². The van der Waals surface area contributed by atoms with Gasteiger partial charge in [-0.3, -0.25) is 9.59 Å². The fourth-order valence-corrected chi connectivity index (χ4v) is 5.27. The molecular weight excluding hydrogens is 418 g/mol. The molecule has 3 N–H and O–H groups in total. The Kier molecular flexibility index (Phi) is 5.48. The van der Waals surface area contributed by atoms with Gasteiger partial charge in [-0.2, -0.15) is 0 Å². The van der Waals surface area contributed by atoms with Gasteiger partial charge in [0.05, 0.1) is 22.3 Å². The minimum absolute atomic E-state index is 0.0361. The summed E-state index contributed by atoms with van der Waals surface area (Å²) >= 11 is 0. The highest BCUT2D eigenvalue weighted by molar-refractivity contribution is 7.94. The number of hydrogen-bond donors (Lipinski definition) is 2. The van der Waals surface area contributed by atoms with E-state index in [0.717, 1.165) is 4.31 Å². The van der Waals surface area contributed by atoms with Gasteiger partial charge in [0.25, 0.3) is 5.91 Å². The van der Waals surface area contributed by atoms with Crippen LogP contribution in [0.25, 0.3) is 0 Å². The first-order valence-corrected chi connectivity index (χ1v) is 11.7. The number of primary sulfonamides is 1. The second-order valence-corrected chi connectivity index (χ2v) is 10.1. The number of hydrogen-bond acceptors (Lipinski definition) is 6. The zero-order valence-corrected chi connectivity index (χ0v) is 17.0. The number of carbonyl (C=O) groups excluding carboxylic acids is 2. The van der Waals surface area contributed by atoms with E-state index in [1.807, 2.05) is 0 Å². The SMILES string of the molecule is CC1CS(=O)(=O)N(c2cccc(C(=O)NCc3ccc(S(N)(=O)=O)cc3)c2)C1=O. The highest BCUT2D eigenvalue weighted by Gasteiger charge is 2.42. The lowest BCUT2D eigenvalue weighted by Gasteiger charge is -2.16. The normalized spacial score (nSPS) is 18.6. The molecule has 0 bridgehead atoms. The predicted octanol–water partition coefficient (Wildman–Crippen LogP) is 0.576. The summed E-state index contributed by atoms with van der Waals surface area (Å²) in [5.74, 6) is -1.91. The van der Waals surface area contributed by atoms with Crippen molar-refractivity contribution in [1.82, 2.24) is 5.32 Å². The second-order valence-electron chi connectivity index (χ2n) is 6.70. The maximum Gasteiger partial charge on any atom is 0.251 e. The minimum Gasteiger partial charge on any atom is -0.348 e. The van der Waals surface area contributed by atoms with E-state index in [0.29, 0.717) is 5.56 Å². The molecular formula is C18H19N3O6S2. The molecule has 1 aliphatic heterocycles. The molecule has 1 aliphatic rings. The Morgan fingerprint density at radius 2 is 1.86 bits per heavy atom. The first-order chi connectivity index (χ1) is 13.5. The van der Waals surface area contributed by atoms with Crippen LogP contribution in [-0.2, 0) is 31.4 Å². The molecule has 11 heteroatoms. The Morgan fingerprint density at radius 1 is 1.21 bits per heavy atom. The number of rotatable bonds is 5. The molecule has 1 unspecified atom stereocenters. The molecule has 2 aromatic carbocycles. The van der Waals surface area contributed by atoms with E-state index in [2.05, 4.69) is 5.32 Å². The first kappa shape index (κ1) is 21.0. The number of anilines is 1. The summed E-state index contributed by atoms with van der Waals surface area (Å²) in [7, 11) is -7.55. The second kappa shape index (κ2) is 7.58. The van der Waals surface area contributed by atoms with Crippen LogP contribution >= 0.6 is 0 Å². The number of nitrogens with two attached hydrogens (primary N) is 1. The standard InChI is InChI=1S/C18H19N3O6S2/c1-12-11-28(24,25)21(18(12)23)15-4-2-3-14(9-15)17(22)20-10-13-5-7-16(8-6-13)29(19,26)27/h2-9,12H,10-11H2,1H3,(H,20,22)(H2,19,26,27). The largest absolute Gasteiger partial charge is 0.348 e. The number of sulfonamides is 2. The highest BCUT2D eigenvalue weighted by atomic mass is 32.2. The number of carbonyl (C=O) groups is 2. The Bertz CT molecular complexity index is 1170. The molecule has 2 amide bonds. The van der Waals surface area contributed by atoms with Crippen LogP contribution in [0.1, 0.15) is 22.8 Å². The molecule has 1 heterocycles. The molecule has 3 rings (SSSR count). The lowest BCUT2D eigenvalue weighted by atomic mass is 10.1. The van der Waals surface area contributed by atoms with Crippen LogP contribution in [0.5, 0.6) is 0 Å². The van der Waals surface area contributed by atoms with Gasteiger partial charge in [0.1, 0.15) is 0 Å². The van der Waals surface area contributed by atoms with Crippen molar-refractivity contribution in [1.29, 1.82) is 0 Å². The van der Waals surface area contributed by atoms with Gasteiger partial charge in [0.15, 0.2) is 0 Å². The van der Waals surface area contributed by atoms with E-state index >= 15 is 0 Å². The number of nitrogens with zero attached hydrogens (tertiary/aromatic N) is 1. The molecule has 29 heavy (non-hydrogen) atoms. The van der Waals surface area contributed by atoms with Gasteiger partial charge in [-0.05, 0) is 35.9 Å². The zero-order chi connectivity index (χ0) is 21.4. The average Bonchev–Trinajstić information content (AvgIpc) is 2.86. The summed E-state index contributed by atoms with van der Waals surface area (Å²) in [6, 6.07) is 11.5. The van der Waals surface area contributed by atoms with Crippen LogP contribution in [0, 0.1) is 5.92 Å². The summed E-state index contributed by atoms with van der Waals surface area (Å²) in [4.78, 5) is 24.6. The molecule has 0 aromatic heterocycles. The van der Waals surface area contributed by atoms with Gasteiger partial charge in [0, 0.05) is 12.1 Å². The summed E-state index contributed by atoms with van der Waals surface area (Å²) in [6.07, 6.45) is 0. The topological polar surface area (TPSA) is 144 Å². The van der Waals surface area contributed by atoms with Gasteiger partial charge in [-0.25, -0.2) is 26.3 Å². The molecule has 0 aliphatic carbocycles. The fraction of sp³-hybridized carbons (Fsp3) is 0.222. The first-order valence-electron chi connectivity index (χ1n) is 8.56. The lowest BCUT2D eigenvalue weighted by Crippen LogP contribution is -2.30. The summed E-state index contributed by atoms with van der Waals surface area (Å²) in [5, 5.41) is 7.70. The van der Waals surface area contributed by atoms with Gasteiger partial charge >= 0.3 is 0 Å². The molecule has 9 nitrogen and oxygen atoms in total. The molecule has 0 spiro atoms. The Labute approximate surface area is 168 Å². The van der Waals surface area contributed by atoms with Crippen molar-refractivity contribution in [2.75, 3.05) is 10.1 Å². The minimum atomic E-state index is -3.79. The van der Waals surface area contributed by atoms with Crippen molar-refractivity contribution in [3.8, 4) is 0 Å². The van der Waals surface area contributed by atoms with Crippen LogP contribution < -0.4 is 14.8 Å². The molecule has 1 saturated heterocycles. The van der Waals surface area contributed by atoms with Crippen LogP contribution in [-0.4, -0.2) is 34.4 Å². The van der Waals surface area contributed by atoms with Crippen LogP contribution in [0.4, 0.5) is 5.69 Å². The van der Waals surface area contributed by atoms with E-state index < -0.39 is 37.8 Å². The maximum absolute atomic E-state index is 12.4. The summed E-state index contributed by atoms with van der Waals surface area (Å²) in [5.41, 5.74) is 0.948. The fourth-order valence-electron chi connectivity index (χ4n) is 2.94. The van der Waals surface area contributed by atoms with Gasteiger partial charge in [0.2, 0.25) is 26.0 Å². The monoisotopic (exact) mass is 437 g/mol. The molecule has 154 valence electrons. The van der Waals surface area contributed by atoms with Crippen molar-refractivity contribution in [2.45, 2.75) is 18.4 Å². The molecule has 1 fully saturated rings. The smallest absolute Gasteiger partial charge is 0.251 e. The van der Waals surface area contributed by atoms with Crippen molar-refractivity contribution in [3.05, 3.63) is 59.7 Å². The lowest BCUT2D eigenvalue weighted by molar-refractivity contribution is -0.119. The van der Waals surface area contributed by atoms with E-state index in [1.165, 1.54) is 55.5 Å². The van der Waals surface area contributed by atoms with Gasteiger partial charge in [-0.1, -0.05) is 25.1 Å². The van der Waals surface area contributed by atoms with Gasteiger partial charge < -0.3 is 5.32 Å². The molecule has 1 atom stereocenters. The molecule has 2 aromatic rings. The van der Waals surface area contributed by atoms with Crippen molar-refractivity contribution in [2.24, 2.45) is 11.1 Å². The highest BCUT2D eigenvalue weighted by Crippen LogP contribution is 2.28. The molecule has 0 radical (unpaired) electrons. The average molecular weight is 437 g/mol. The Hall–Kier alpha value is -2.76. The van der Waals surface area contributed by atoms with E-state index in [1.54, 1.807) is 0 Å². The molecule has 0 saturated carbocycles. The zero-order valence-electron chi connectivity index (χ0n) is 15.4. The number of amides is 2. The van der Waals surface area contributed by atoms with Crippen LogP contribution in [0.15, 0.2) is 53.4 Å². The quantitative estimate of drug-likeness (QED) is 0.700. The Morgan fingerprint density at radius 3 is 2.41 bits per heavy atom. The van der Waals surface area contributed by atoms with E-state index in [4.69, 9.17) is 5.14 Å². The van der Waals surface area contributed by atoms with Crippen LogP contribution in [0.3, 0.4) is 0 Å². The third-order valence-corrected chi connectivity index (χ3v) is 7.21. The third kappa shape index (κ3) is 4.47. The number of benzene rings is 2. The third-order valence-electron chi connectivity index (χ3n) is 4.41. The van der Waals surface area contributed by atoms with E-state index in [9.17, 15) is 26.4 Å². The van der Waals surface area contributed by atoms with Crippen molar-refractivity contribution >= 4 is 37.5 Å². The summed E-state index contributed by atoms with van der Waals surface area (Å²) < 4.78 is 47.7.